The van der Waals surface area contributed by atoms with E-state index >= 15 is 0 Å². The minimum Gasteiger partial charge on any atom is -0.437 e. The highest BCUT2D eigenvalue weighted by Gasteiger charge is 2.50. The topological polar surface area (TPSA) is 153 Å². The number of anilines is 4. The Morgan fingerprint density at radius 2 is 1.70 bits per heavy atom. The third kappa shape index (κ3) is 8.87. The summed E-state index contributed by atoms with van der Waals surface area (Å²) in [5.41, 5.74) is 6.08. The van der Waals surface area contributed by atoms with Crippen LogP contribution in [0.1, 0.15) is 41.0 Å². The number of hydrogen-bond donors (Lipinski definition) is 3. The van der Waals surface area contributed by atoms with Crippen LogP contribution in [0.5, 0.6) is 11.6 Å². The zero-order chi connectivity index (χ0) is 42.6. The molecule has 13 nitrogen and oxygen atoms in total. The summed E-state index contributed by atoms with van der Waals surface area (Å²) in [6.07, 6.45) is 2.78. The van der Waals surface area contributed by atoms with Crippen LogP contribution >= 0.6 is 0 Å². The van der Waals surface area contributed by atoms with Crippen molar-refractivity contribution in [1.82, 2.24) is 24.6 Å². The van der Waals surface area contributed by atoms with Crippen LogP contribution in [0.3, 0.4) is 0 Å². The summed E-state index contributed by atoms with van der Waals surface area (Å²) in [7, 11) is 0. The van der Waals surface area contributed by atoms with Crippen LogP contribution in [0.25, 0.3) is 16.5 Å². The predicted octanol–water partition coefficient (Wildman–Crippen LogP) is 7.95. The lowest BCUT2D eigenvalue weighted by molar-refractivity contribution is -0.181. The van der Waals surface area contributed by atoms with Crippen molar-refractivity contribution in [2.24, 2.45) is 5.73 Å². The van der Waals surface area contributed by atoms with Crippen LogP contribution in [0.2, 0.25) is 0 Å². The fourth-order valence-electron chi connectivity index (χ4n) is 6.55. The molecule has 308 valence electrons. The number of carbonyl (C=O) groups is 2. The van der Waals surface area contributed by atoms with Gasteiger partial charge >= 0.3 is 12.2 Å². The number of morpholine rings is 1. The Labute approximate surface area is 344 Å². The van der Waals surface area contributed by atoms with Gasteiger partial charge in [0.1, 0.15) is 22.5 Å². The average molecular weight is 818 g/mol. The molecule has 60 heavy (non-hydrogen) atoms. The second-order valence-corrected chi connectivity index (χ2v) is 14.7. The number of fused-ring (bicyclic) bond motifs is 1. The minimum absolute atomic E-state index is 0.0367. The molecule has 1 aliphatic heterocycles. The molecule has 0 spiro atoms. The quantitative estimate of drug-likeness (QED) is 0.105. The van der Waals surface area contributed by atoms with Gasteiger partial charge in [-0.25, -0.2) is 14.5 Å². The van der Waals surface area contributed by atoms with Crippen LogP contribution < -0.4 is 26.0 Å². The number of urea groups is 1. The fourth-order valence-corrected chi connectivity index (χ4v) is 6.55. The lowest BCUT2D eigenvalue weighted by Gasteiger charge is -2.30. The van der Waals surface area contributed by atoms with Crippen molar-refractivity contribution in [1.29, 1.82) is 0 Å². The fraction of sp³-hybridized carbons (Fsp3) is 0.250. The number of rotatable bonds is 12. The molecule has 0 bridgehead atoms. The van der Waals surface area contributed by atoms with E-state index in [0.29, 0.717) is 65.5 Å². The maximum atomic E-state index is 14.1. The maximum absolute atomic E-state index is 14.1. The molecule has 3 heterocycles. The monoisotopic (exact) mass is 817 g/mol. The Hall–Kier alpha value is -6.96. The maximum Gasteiger partial charge on any atom is 0.399 e. The first-order valence-corrected chi connectivity index (χ1v) is 19.0. The number of amides is 3. The minimum atomic E-state index is -4.60. The van der Waals surface area contributed by atoms with Gasteiger partial charge in [0.05, 0.1) is 36.5 Å². The number of carbonyl (C=O) groups excluding carboxylic acids is 2. The molecule has 1 fully saturated rings. The molecular formula is C44H42F3N9O4. The molecule has 1 aliphatic rings. The van der Waals surface area contributed by atoms with Crippen molar-refractivity contribution in [2.75, 3.05) is 54.9 Å². The SMILES string of the molecule is C#Cc1cnc(N(CCN2CCOCC2)c2cccc(C(N)=O)c2)nc1Oc1ccc(NC(=O)Nc2cc(C(C)(C)C(F)(F)F)nn2-c2ccc(C)cc2)c2ccccc12. The van der Waals surface area contributed by atoms with E-state index in [-0.39, 0.29) is 28.9 Å². The van der Waals surface area contributed by atoms with E-state index in [9.17, 15) is 22.8 Å². The number of aryl methyl sites for hydroxylation is 1. The highest BCUT2D eigenvalue weighted by molar-refractivity contribution is 6.07. The lowest BCUT2D eigenvalue weighted by atomic mass is 9.89. The number of terminal acetylenes is 1. The Morgan fingerprint density at radius 3 is 2.40 bits per heavy atom. The number of ether oxygens (including phenoxy) is 2. The molecule has 0 radical (unpaired) electrons. The van der Waals surface area contributed by atoms with Crippen LogP contribution in [0.4, 0.5) is 41.1 Å². The van der Waals surface area contributed by atoms with Crippen LogP contribution in [-0.4, -0.2) is 82.2 Å². The van der Waals surface area contributed by atoms with E-state index in [1.165, 1.54) is 16.9 Å². The summed E-state index contributed by atoms with van der Waals surface area (Å²) < 4.78 is 55.5. The first kappa shape index (κ1) is 41.2. The molecule has 2 aromatic heterocycles. The second kappa shape index (κ2) is 17.1. The standard InChI is InChI=1S/C44H42F3N9O4/c1-5-29-27-49-41(55(20-19-54-21-23-59-24-22-54)32-10-8-9-30(25-32)39(48)57)52-40(29)60-36-18-17-35(33-11-6-7-12-34(33)36)50-42(58)51-38-26-37(43(3,4)44(45,46)47)53-56(38)31-15-13-28(2)14-16-31/h1,6-18,25-27H,19-24H2,2-4H3,(H2,48,57)(H2,50,51,58). The summed E-state index contributed by atoms with van der Waals surface area (Å²) in [6.45, 7) is 7.84. The smallest absolute Gasteiger partial charge is 0.399 e. The first-order chi connectivity index (χ1) is 28.7. The van der Waals surface area contributed by atoms with Crippen molar-refractivity contribution in [2.45, 2.75) is 32.4 Å². The van der Waals surface area contributed by atoms with E-state index in [0.717, 1.165) is 32.5 Å². The van der Waals surface area contributed by atoms with E-state index in [2.05, 4.69) is 31.5 Å². The number of nitrogens with zero attached hydrogens (tertiary/aromatic N) is 6. The van der Waals surface area contributed by atoms with Gasteiger partial charge in [0.2, 0.25) is 17.7 Å². The predicted molar refractivity (Wildman–Crippen MR) is 223 cm³/mol. The van der Waals surface area contributed by atoms with Gasteiger partial charge in [-0.2, -0.15) is 23.3 Å². The summed E-state index contributed by atoms with van der Waals surface area (Å²) in [5.74, 6) is 2.78. The highest BCUT2D eigenvalue weighted by Crippen LogP contribution is 2.41. The van der Waals surface area contributed by atoms with E-state index in [1.807, 2.05) is 17.9 Å². The van der Waals surface area contributed by atoms with Crippen molar-refractivity contribution >= 4 is 45.9 Å². The number of aromatic nitrogens is 4. The lowest BCUT2D eigenvalue weighted by Crippen LogP contribution is -2.40. The van der Waals surface area contributed by atoms with Gasteiger partial charge in [-0.05, 0) is 63.2 Å². The normalized spacial score (nSPS) is 13.4. The van der Waals surface area contributed by atoms with E-state index in [1.54, 1.807) is 78.9 Å². The van der Waals surface area contributed by atoms with Crippen molar-refractivity contribution < 1.29 is 32.2 Å². The van der Waals surface area contributed by atoms with E-state index < -0.39 is 23.5 Å². The molecule has 0 unspecified atom stereocenters. The molecule has 0 aliphatic carbocycles. The number of nitrogens with one attached hydrogen (secondary N) is 2. The zero-order valence-corrected chi connectivity index (χ0v) is 33.1. The van der Waals surface area contributed by atoms with Gasteiger partial charge < -0.3 is 25.4 Å². The number of nitrogens with two attached hydrogens (primary N) is 1. The molecule has 7 rings (SSSR count). The molecule has 0 saturated carbocycles. The molecule has 1 saturated heterocycles. The summed E-state index contributed by atoms with van der Waals surface area (Å²) in [4.78, 5) is 39.2. The van der Waals surface area contributed by atoms with E-state index in [4.69, 9.17) is 26.6 Å². The molecule has 16 heteroatoms. The summed E-state index contributed by atoms with van der Waals surface area (Å²) >= 11 is 0. The van der Waals surface area contributed by atoms with Gasteiger partial charge in [0.25, 0.3) is 0 Å². The molecular weight excluding hydrogens is 776 g/mol. The Kier molecular flexibility index (Phi) is 11.7. The van der Waals surface area contributed by atoms with Gasteiger partial charge in [-0.3, -0.25) is 15.0 Å². The van der Waals surface area contributed by atoms with Crippen molar-refractivity contribution in [3.8, 4) is 29.7 Å². The Morgan fingerprint density at radius 1 is 0.967 bits per heavy atom. The van der Waals surface area contributed by atoms with Gasteiger partial charge in [-0.1, -0.05) is 53.9 Å². The molecule has 3 amide bonds. The first-order valence-electron chi connectivity index (χ1n) is 19.0. The Balaban J connectivity index is 1.18. The van der Waals surface area contributed by atoms with Crippen molar-refractivity contribution in [3.05, 3.63) is 120 Å². The van der Waals surface area contributed by atoms with Crippen molar-refractivity contribution in [3.63, 3.8) is 0 Å². The van der Waals surface area contributed by atoms with Gasteiger partial charge in [0, 0.05) is 54.3 Å². The summed E-state index contributed by atoms with van der Waals surface area (Å²) in [6, 6.07) is 24.8. The number of hydrogen-bond acceptors (Lipinski definition) is 9. The highest BCUT2D eigenvalue weighted by atomic mass is 19.4. The van der Waals surface area contributed by atoms with Gasteiger partial charge in [0.15, 0.2) is 0 Å². The number of primary amides is 1. The zero-order valence-electron chi connectivity index (χ0n) is 33.1. The average Bonchev–Trinajstić information content (AvgIpc) is 3.66. The van der Waals surface area contributed by atoms with Crippen LogP contribution in [0.15, 0.2) is 97.2 Å². The summed E-state index contributed by atoms with van der Waals surface area (Å²) in [5, 5.41) is 11.0. The third-order valence-electron chi connectivity index (χ3n) is 10.2. The number of benzene rings is 4. The largest absolute Gasteiger partial charge is 0.437 e. The number of halogens is 3. The second-order valence-electron chi connectivity index (χ2n) is 14.7. The number of alkyl halides is 3. The molecule has 6 aromatic rings. The van der Waals surface area contributed by atoms with Gasteiger partial charge in [-0.15, -0.1) is 6.42 Å². The molecule has 4 aromatic carbocycles. The van der Waals surface area contributed by atoms with Crippen LogP contribution in [0, 0.1) is 19.3 Å². The molecule has 4 N–H and O–H groups in total. The third-order valence-corrected chi connectivity index (χ3v) is 10.2. The molecule has 0 atom stereocenters. The Bertz CT molecular complexity index is 2580. The van der Waals surface area contributed by atoms with Crippen LogP contribution in [-0.2, 0) is 10.2 Å².